The quantitative estimate of drug-likeness (QED) is 0.235. The average Bonchev–Trinajstić information content (AvgIpc) is 2.57. The third-order valence-electron chi connectivity index (χ3n) is 5.11. The molecule has 149 valence electrons. The molecule has 0 amide bonds. The van der Waals surface area contributed by atoms with Gasteiger partial charge in [-0.3, -0.25) is 4.79 Å². The molecule has 1 fully saturated rings. The van der Waals surface area contributed by atoms with Gasteiger partial charge in [-0.25, -0.2) is 0 Å². The molecule has 1 rings (SSSR count). The Labute approximate surface area is 172 Å². The Morgan fingerprint density at radius 3 is 1.88 bits per heavy atom. The number of hydrogen-bond donors (Lipinski definition) is 1. The fraction of sp³-hybridized carbons (Fsp3) is 0.952. The van der Waals surface area contributed by atoms with Gasteiger partial charge in [0.2, 0.25) is 0 Å². The molecule has 0 aromatic heterocycles. The molecular weight excluding hydrogens is 483 g/mol. The molecule has 0 aromatic carbocycles. The van der Waals surface area contributed by atoms with E-state index in [1.165, 1.54) is 45.4 Å². The maximum absolute atomic E-state index is 10.9. The van der Waals surface area contributed by atoms with Crippen molar-refractivity contribution in [3.63, 3.8) is 0 Å². The van der Waals surface area contributed by atoms with Crippen LogP contribution in [0.2, 0.25) is 13.3 Å². The third kappa shape index (κ3) is 12.8. The summed E-state index contributed by atoms with van der Waals surface area (Å²) in [6.07, 6.45) is 13.1. The summed E-state index contributed by atoms with van der Waals surface area (Å²) >= 11 is 2.60. The Hall–Kier alpha value is 0.909. The van der Waals surface area contributed by atoms with Crippen molar-refractivity contribution in [2.45, 2.75) is 122 Å². The Balaban J connectivity index is 0.000000462. The van der Waals surface area contributed by atoms with E-state index < -0.39 is 25.4 Å². The van der Waals surface area contributed by atoms with Crippen molar-refractivity contribution in [2.24, 2.45) is 0 Å². The number of unbranched alkanes of at least 4 members (excludes halogenated alkanes) is 3. The first kappa shape index (κ1) is 25.9. The topological polar surface area (TPSA) is 37.3 Å². The van der Waals surface area contributed by atoms with Crippen molar-refractivity contribution in [3.8, 4) is 0 Å². The zero-order valence-corrected chi connectivity index (χ0v) is 21.7. The van der Waals surface area contributed by atoms with Crippen molar-refractivity contribution in [3.05, 3.63) is 0 Å². The summed E-state index contributed by atoms with van der Waals surface area (Å²) in [4.78, 5) is 11.0. The van der Waals surface area contributed by atoms with Crippen LogP contribution in [0.4, 0.5) is 0 Å². The van der Waals surface area contributed by atoms with Crippen LogP contribution in [-0.4, -0.2) is 41.1 Å². The average molecular weight is 525 g/mol. The van der Waals surface area contributed by atoms with Gasteiger partial charge in [-0.1, -0.05) is 28.8 Å². The zero-order chi connectivity index (χ0) is 19.1. The van der Waals surface area contributed by atoms with Crippen LogP contribution in [0.1, 0.15) is 98.3 Å². The van der Waals surface area contributed by atoms with Crippen molar-refractivity contribution >= 4 is 41.5 Å². The molecule has 0 unspecified atom stereocenters. The van der Waals surface area contributed by atoms with Crippen LogP contribution in [0.3, 0.4) is 0 Å². The van der Waals surface area contributed by atoms with Gasteiger partial charge in [-0.05, 0) is 19.8 Å². The number of carbonyl (C=O) groups excluding carboxylic acids is 1. The number of alkyl halides is 1. The van der Waals surface area contributed by atoms with Crippen molar-refractivity contribution in [1.82, 2.24) is 0 Å². The van der Waals surface area contributed by atoms with Crippen molar-refractivity contribution in [1.29, 1.82) is 0 Å². The van der Waals surface area contributed by atoms with Gasteiger partial charge < -0.3 is 5.11 Å². The normalized spacial score (nSPS) is 23.2. The molecule has 0 aliphatic heterocycles. The summed E-state index contributed by atoms with van der Waals surface area (Å²) in [7, 11) is 0. The molecule has 1 radical (unpaired) electrons. The molecule has 1 aliphatic carbocycles. The Kier molecular flexibility index (Phi) is 16.5. The molecule has 0 heterocycles. The Morgan fingerprint density at radius 2 is 1.52 bits per heavy atom. The first-order valence-corrected chi connectivity index (χ1v) is 17.6. The third-order valence-corrected chi connectivity index (χ3v) is 15.5. The van der Waals surface area contributed by atoms with E-state index in [1.54, 1.807) is 13.3 Å². The summed E-state index contributed by atoms with van der Waals surface area (Å²) in [5.74, 6) is 0.0730. The standard InChI is InChI=1S/C9H15BrO2.3C4H9.Sn/c1-7(11)6-9(12)5-3-2-4-8(9)10;3*1-3-4-2;/h8,12H,2-6H2,1H3;3*1,3-4H2,2H3;/t8-,9-;;;;/m0..../s1. The van der Waals surface area contributed by atoms with E-state index in [0.29, 0.717) is 6.42 Å². The number of ketones is 1. The Morgan fingerprint density at radius 1 is 1.04 bits per heavy atom. The molecule has 0 aromatic rings. The monoisotopic (exact) mass is 525 g/mol. The van der Waals surface area contributed by atoms with Gasteiger partial charge in [0, 0.05) is 11.2 Å². The SMILES string of the molecule is CC(=O)C[C@@]1(O)CCCC[C@@H]1Br.CCC[CH2][Sn]([CH2]CCC)[CH2]CCC. The first-order valence-electron chi connectivity index (χ1n) is 10.6. The molecule has 1 aliphatic rings. The fourth-order valence-corrected chi connectivity index (χ4v) is 13.6. The second kappa shape index (κ2) is 15.9. The molecule has 2 nitrogen and oxygen atoms in total. The maximum atomic E-state index is 10.9. The summed E-state index contributed by atoms with van der Waals surface area (Å²) < 4.78 is 5.04. The van der Waals surface area contributed by atoms with Gasteiger partial charge in [-0.15, -0.1) is 0 Å². The molecule has 1 N–H and O–H groups in total. The molecule has 0 saturated heterocycles. The van der Waals surface area contributed by atoms with Crippen LogP contribution in [0, 0.1) is 0 Å². The van der Waals surface area contributed by atoms with Crippen LogP contribution >= 0.6 is 15.9 Å². The van der Waals surface area contributed by atoms with Gasteiger partial charge in [0.25, 0.3) is 0 Å². The number of hydrogen-bond acceptors (Lipinski definition) is 2. The van der Waals surface area contributed by atoms with Crippen molar-refractivity contribution in [2.75, 3.05) is 0 Å². The van der Waals surface area contributed by atoms with E-state index in [2.05, 4.69) is 36.7 Å². The van der Waals surface area contributed by atoms with Crippen LogP contribution in [0.5, 0.6) is 0 Å². The number of Topliss-reactive ketones (excluding diaryl/α,β-unsaturated/α-hetero) is 1. The second-order valence-corrected chi connectivity index (χ2v) is 17.4. The molecule has 1 saturated carbocycles. The first-order chi connectivity index (χ1) is 11.9. The van der Waals surface area contributed by atoms with Crippen LogP contribution in [0.25, 0.3) is 0 Å². The summed E-state index contributed by atoms with van der Waals surface area (Å²) in [5.41, 5.74) is -0.774. The molecule has 25 heavy (non-hydrogen) atoms. The molecule has 4 heteroatoms. The van der Waals surface area contributed by atoms with E-state index in [1.807, 2.05) is 0 Å². The van der Waals surface area contributed by atoms with Crippen molar-refractivity contribution < 1.29 is 9.90 Å². The minimum atomic E-state index is -0.839. The Bertz CT molecular complexity index is 319. The van der Waals surface area contributed by atoms with E-state index >= 15 is 0 Å². The summed E-state index contributed by atoms with van der Waals surface area (Å²) in [6, 6.07) is 0. The van der Waals surface area contributed by atoms with Gasteiger partial charge in [0.1, 0.15) is 5.78 Å². The number of halogens is 1. The van der Waals surface area contributed by atoms with Gasteiger partial charge in [0.05, 0.1) is 5.60 Å². The van der Waals surface area contributed by atoms with Gasteiger partial charge in [-0.2, -0.15) is 0 Å². The summed E-state index contributed by atoms with van der Waals surface area (Å²) in [5, 5.41) is 10.0. The number of rotatable bonds is 11. The van der Waals surface area contributed by atoms with E-state index in [-0.39, 0.29) is 10.6 Å². The summed E-state index contributed by atoms with van der Waals surface area (Å²) in [6.45, 7) is 8.54. The molecular formula is C21H42BrO2Sn. The van der Waals surface area contributed by atoms with Crippen LogP contribution < -0.4 is 0 Å². The van der Waals surface area contributed by atoms with E-state index in [9.17, 15) is 9.90 Å². The van der Waals surface area contributed by atoms with Gasteiger partial charge >= 0.3 is 92.4 Å². The van der Waals surface area contributed by atoms with Gasteiger partial charge in [0.15, 0.2) is 0 Å². The van der Waals surface area contributed by atoms with E-state index in [0.717, 1.165) is 25.7 Å². The molecule has 0 spiro atoms. The minimum absolute atomic E-state index is 0.0730. The second-order valence-electron chi connectivity index (χ2n) is 7.76. The fourth-order valence-electron chi connectivity index (χ4n) is 3.47. The number of carbonyl (C=O) groups is 1. The van der Waals surface area contributed by atoms with Crippen LogP contribution in [0.15, 0.2) is 0 Å². The number of aliphatic hydroxyl groups is 1. The predicted molar refractivity (Wildman–Crippen MR) is 116 cm³/mol. The molecule has 0 bridgehead atoms. The van der Waals surface area contributed by atoms with E-state index in [4.69, 9.17) is 0 Å². The zero-order valence-electron chi connectivity index (χ0n) is 17.2. The molecule has 2 atom stereocenters. The predicted octanol–water partition coefficient (Wildman–Crippen LogP) is 6.92. The van der Waals surface area contributed by atoms with Crippen LogP contribution in [-0.2, 0) is 4.79 Å².